The number of nitrogen functional groups attached to an aromatic ring is 1. The van der Waals surface area contributed by atoms with Crippen molar-refractivity contribution in [3.8, 4) is 0 Å². The summed E-state index contributed by atoms with van der Waals surface area (Å²) in [6.07, 6.45) is 2.66. The molecule has 0 saturated heterocycles. The summed E-state index contributed by atoms with van der Waals surface area (Å²) in [4.78, 5) is 13.2. The van der Waals surface area contributed by atoms with E-state index < -0.39 is 0 Å². The molecule has 5 nitrogen and oxygen atoms in total. The first kappa shape index (κ1) is 10.6. The largest absolute Gasteiger partial charge is 0.382 e. The summed E-state index contributed by atoms with van der Waals surface area (Å²) < 4.78 is 1.55. The fourth-order valence-corrected chi connectivity index (χ4v) is 1.18. The SMILES string of the molecule is CCCN(C)C(=O)Cn1ccc(N)n1. The maximum Gasteiger partial charge on any atom is 0.244 e. The second-order valence-corrected chi connectivity index (χ2v) is 3.25. The van der Waals surface area contributed by atoms with Gasteiger partial charge >= 0.3 is 0 Å². The van der Waals surface area contributed by atoms with Crippen molar-refractivity contribution in [3.05, 3.63) is 12.3 Å². The Morgan fingerprint density at radius 1 is 1.71 bits per heavy atom. The molecule has 0 aliphatic heterocycles. The Balaban J connectivity index is 2.48. The van der Waals surface area contributed by atoms with E-state index in [9.17, 15) is 4.79 Å². The van der Waals surface area contributed by atoms with Crippen LogP contribution in [0, 0.1) is 0 Å². The second kappa shape index (κ2) is 4.64. The van der Waals surface area contributed by atoms with E-state index in [1.165, 1.54) is 0 Å². The molecule has 0 aromatic carbocycles. The van der Waals surface area contributed by atoms with Gasteiger partial charge in [-0.15, -0.1) is 0 Å². The Kier molecular flexibility index (Phi) is 3.50. The fraction of sp³-hybridized carbons (Fsp3) is 0.556. The smallest absolute Gasteiger partial charge is 0.244 e. The zero-order chi connectivity index (χ0) is 10.6. The zero-order valence-corrected chi connectivity index (χ0v) is 8.60. The molecule has 1 aromatic rings. The van der Waals surface area contributed by atoms with Crippen LogP contribution in [-0.2, 0) is 11.3 Å². The van der Waals surface area contributed by atoms with Gasteiger partial charge in [-0.3, -0.25) is 9.48 Å². The molecular formula is C9H16N4O. The number of amides is 1. The van der Waals surface area contributed by atoms with Gasteiger partial charge < -0.3 is 10.6 Å². The molecule has 0 aliphatic carbocycles. The summed E-state index contributed by atoms with van der Waals surface area (Å²) in [5.41, 5.74) is 5.43. The molecule has 0 unspecified atom stereocenters. The minimum absolute atomic E-state index is 0.0509. The van der Waals surface area contributed by atoms with Crippen LogP contribution < -0.4 is 5.73 Å². The van der Waals surface area contributed by atoms with E-state index >= 15 is 0 Å². The van der Waals surface area contributed by atoms with Crippen LogP contribution in [0.3, 0.4) is 0 Å². The monoisotopic (exact) mass is 196 g/mol. The van der Waals surface area contributed by atoms with Crippen molar-refractivity contribution in [1.82, 2.24) is 14.7 Å². The molecule has 1 heterocycles. The number of anilines is 1. The van der Waals surface area contributed by atoms with E-state index in [2.05, 4.69) is 5.10 Å². The van der Waals surface area contributed by atoms with Gasteiger partial charge in [0.25, 0.3) is 0 Å². The molecule has 0 aliphatic rings. The van der Waals surface area contributed by atoms with Crippen molar-refractivity contribution in [3.63, 3.8) is 0 Å². The van der Waals surface area contributed by atoms with Gasteiger partial charge in [-0.05, 0) is 12.5 Å². The topological polar surface area (TPSA) is 64.2 Å². The number of hydrogen-bond donors (Lipinski definition) is 1. The lowest BCUT2D eigenvalue weighted by Crippen LogP contribution is -2.30. The van der Waals surface area contributed by atoms with E-state index in [0.717, 1.165) is 13.0 Å². The maximum absolute atomic E-state index is 11.5. The third kappa shape index (κ3) is 2.76. The fourth-order valence-electron chi connectivity index (χ4n) is 1.18. The molecule has 1 amide bonds. The summed E-state index contributed by atoms with van der Waals surface area (Å²) in [5.74, 6) is 0.492. The third-order valence-electron chi connectivity index (χ3n) is 1.94. The average Bonchev–Trinajstić information content (AvgIpc) is 2.51. The number of hydrogen-bond acceptors (Lipinski definition) is 3. The lowest BCUT2D eigenvalue weighted by Gasteiger charge is -2.15. The van der Waals surface area contributed by atoms with Crippen LogP contribution in [0.1, 0.15) is 13.3 Å². The standard InChI is InChI=1S/C9H16N4O/c1-3-5-12(2)9(14)7-13-6-4-8(10)11-13/h4,6H,3,5,7H2,1-2H3,(H2,10,11). The lowest BCUT2D eigenvalue weighted by molar-refractivity contribution is -0.130. The highest BCUT2D eigenvalue weighted by Gasteiger charge is 2.08. The van der Waals surface area contributed by atoms with Crippen molar-refractivity contribution in [2.24, 2.45) is 0 Å². The van der Waals surface area contributed by atoms with Gasteiger partial charge in [-0.1, -0.05) is 6.92 Å². The molecule has 14 heavy (non-hydrogen) atoms. The molecule has 0 atom stereocenters. The molecule has 0 saturated carbocycles. The van der Waals surface area contributed by atoms with E-state index in [1.807, 2.05) is 6.92 Å². The summed E-state index contributed by atoms with van der Waals surface area (Å²) in [6.45, 7) is 3.07. The minimum Gasteiger partial charge on any atom is -0.382 e. The van der Waals surface area contributed by atoms with Crippen LogP contribution in [0.2, 0.25) is 0 Å². The number of rotatable bonds is 4. The van der Waals surface area contributed by atoms with Gasteiger partial charge in [0.1, 0.15) is 12.4 Å². The predicted molar refractivity (Wildman–Crippen MR) is 54.6 cm³/mol. The van der Waals surface area contributed by atoms with Crippen molar-refractivity contribution < 1.29 is 4.79 Å². The number of carbonyl (C=O) groups excluding carboxylic acids is 1. The second-order valence-electron chi connectivity index (χ2n) is 3.25. The maximum atomic E-state index is 11.5. The summed E-state index contributed by atoms with van der Waals surface area (Å²) in [7, 11) is 1.79. The Hall–Kier alpha value is -1.52. The van der Waals surface area contributed by atoms with Crippen molar-refractivity contribution in [1.29, 1.82) is 0 Å². The molecule has 78 valence electrons. The normalized spacial score (nSPS) is 10.1. The van der Waals surface area contributed by atoms with Crippen LogP contribution >= 0.6 is 0 Å². The van der Waals surface area contributed by atoms with E-state index in [4.69, 9.17) is 5.73 Å². The Bertz CT molecular complexity index is 308. The van der Waals surface area contributed by atoms with Crippen LogP contribution in [0.5, 0.6) is 0 Å². The van der Waals surface area contributed by atoms with E-state index in [0.29, 0.717) is 5.82 Å². The Morgan fingerprint density at radius 2 is 2.43 bits per heavy atom. The van der Waals surface area contributed by atoms with Gasteiger partial charge in [-0.2, -0.15) is 5.10 Å². The first-order valence-electron chi connectivity index (χ1n) is 4.66. The molecule has 0 bridgehead atoms. The Morgan fingerprint density at radius 3 is 2.93 bits per heavy atom. The molecule has 0 fully saturated rings. The molecular weight excluding hydrogens is 180 g/mol. The first-order valence-corrected chi connectivity index (χ1v) is 4.66. The minimum atomic E-state index is 0.0509. The van der Waals surface area contributed by atoms with Crippen molar-refractivity contribution >= 4 is 11.7 Å². The highest BCUT2D eigenvalue weighted by Crippen LogP contribution is 1.97. The summed E-state index contributed by atoms with van der Waals surface area (Å²) >= 11 is 0. The van der Waals surface area contributed by atoms with Gasteiger partial charge in [0.05, 0.1) is 0 Å². The third-order valence-corrected chi connectivity index (χ3v) is 1.94. The highest BCUT2D eigenvalue weighted by molar-refractivity contribution is 5.75. The summed E-state index contributed by atoms with van der Waals surface area (Å²) in [6, 6.07) is 1.67. The number of nitrogens with zero attached hydrogens (tertiary/aromatic N) is 3. The van der Waals surface area contributed by atoms with E-state index in [-0.39, 0.29) is 12.5 Å². The summed E-state index contributed by atoms with van der Waals surface area (Å²) in [5, 5.41) is 3.94. The highest BCUT2D eigenvalue weighted by atomic mass is 16.2. The molecule has 2 N–H and O–H groups in total. The van der Waals surface area contributed by atoms with Gasteiger partial charge in [0, 0.05) is 19.8 Å². The average molecular weight is 196 g/mol. The van der Waals surface area contributed by atoms with E-state index in [1.54, 1.807) is 28.9 Å². The van der Waals surface area contributed by atoms with Gasteiger partial charge in [-0.25, -0.2) is 0 Å². The molecule has 0 radical (unpaired) electrons. The van der Waals surface area contributed by atoms with Crippen LogP contribution in [0.15, 0.2) is 12.3 Å². The van der Waals surface area contributed by atoms with Crippen LogP contribution in [0.4, 0.5) is 5.82 Å². The quantitative estimate of drug-likeness (QED) is 0.755. The molecule has 1 rings (SSSR count). The van der Waals surface area contributed by atoms with Gasteiger partial charge in [0.2, 0.25) is 5.91 Å². The number of nitrogens with two attached hydrogens (primary N) is 1. The number of carbonyl (C=O) groups is 1. The number of aromatic nitrogens is 2. The lowest BCUT2D eigenvalue weighted by atomic mass is 10.4. The Labute approximate surface area is 83.5 Å². The first-order chi connectivity index (χ1) is 6.63. The van der Waals surface area contributed by atoms with Crippen molar-refractivity contribution in [2.75, 3.05) is 19.3 Å². The molecule has 0 spiro atoms. The van der Waals surface area contributed by atoms with Crippen LogP contribution in [-0.4, -0.2) is 34.2 Å². The molecule has 5 heteroatoms. The number of likely N-dealkylation sites (N-methyl/N-ethyl adjacent to an activating group) is 1. The van der Waals surface area contributed by atoms with Crippen molar-refractivity contribution in [2.45, 2.75) is 19.9 Å². The van der Waals surface area contributed by atoms with Crippen LogP contribution in [0.25, 0.3) is 0 Å². The zero-order valence-electron chi connectivity index (χ0n) is 8.60. The molecule has 1 aromatic heterocycles. The van der Waals surface area contributed by atoms with Gasteiger partial charge in [0.15, 0.2) is 0 Å². The predicted octanol–water partition coefficient (Wildman–Crippen LogP) is 0.334.